The van der Waals surface area contributed by atoms with Crippen molar-refractivity contribution in [3.8, 4) is 33.4 Å². The first-order chi connectivity index (χ1) is 33.0. The van der Waals surface area contributed by atoms with Crippen molar-refractivity contribution in [1.82, 2.24) is 0 Å². The summed E-state index contributed by atoms with van der Waals surface area (Å²) in [6, 6.07) is 65.7. The van der Waals surface area contributed by atoms with Crippen molar-refractivity contribution in [3.05, 3.63) is 225 Å². The fourth-order valence-electron chi connectivity index (χ4n) is 14.2. The highest BCUT2D eigenvalue weighted by Crippen LogP contribution is 2.67. The van der Waals surface area contributed by atoms with Gasteiger partial charge in [-0.1, -0.05) is 197 Å². The van der Waals surface area contributed by atoms with Gasteiger partial charge in [0.1, 0.15) is 0 Å². The summed E-state index contributed by atoms with van der Waals surface area (Å²) in [5.41, 5.74) is 28.6. The van der Waals surface area contributed by atoms with E-state index in [-0.39, 0.29) is 27.1 Å². The molecular weight excluding hydrogens is 833 g/mol. The molecule has 336 valence electrons. The third kappa shape index (κ3) is 5.02. The molecule has 0 fully saturated rings. The van der Waals surface area contributed by atoms with E-state index in [0.29, 0.717) is 0 Å². The van der Waals surface area contributed by atoms with Gasteiger partial charge in [-0.3, -0.25) is 0 Å². The molecule has 0 atom stereocenters. The molecule has 0 unspecified atom stereocenters. The van der Waals surface area contributed by atoms with E-state index in [2.05, 4.69) is 249 Å². The number of nitrogens with zero attached hydrogens (tertiary/aromatic N) is 2. The summed E-state index contributed by atoms with van der Waals surface area (Å²) in [7, 11) is 0. The van der Waals surface area contributed by atoms with Crippen LogP contribution in [0.4, 0.5) is 34.1 Å². The Hall–Kier alpha value is -7.16. The van der Waals surface area contributed by atoms with Gasteiger partial charge in [-0.2, -0.15) is 0 Å². The lowest BCUT2D eigenvalue weighted by Gasteiger charge is -2.55. The Balaban J connectivity index is 0.995. The summed E-state index contributed by atoms with van der Waals surface area (Å²) in [6.07, 6.45) is 0. The monoisotopic (exact) mass is 890 g/mol. The van der Waals surface area contributed by atoms with Crippen LogP contribution in [-0.4, -0.2) is 0 Å². The van der Waals surface area contributed by atoms with Crippen LogP contribution < -0.4 is 9.80 Å². The van der Waals surface area contributed by atoms with Crippen molar-refractivity contribution in [1.29, 1.82) is 0 Å². The molecule has 14 rings (SSSR count). The topological polar surface area (TPSA) is 6.48 Å². The second kappa shape index (κ2) is 13.1. The van der Waals surface area contributed by atoms with Gasteiger partial charge >= 0.3 is 0 Å². The second-order valence-corrected chi connectivity index (χ2v) is 23.3. The van der Waals surface area contributed by atoms with E-state index in [9.17, 15) is 0 Å². The normalized spacial score (nSPS) is 17.7. The minimum absolute atomic E-state index is 0.120. The van der Waals surface area contributed by atoms with Crippen LogP contribution in [0.15, 0.2) is 170 Å². The molecule has 3 heterocycles. The summed E-state index contributed by atoms with van der Waals surface area (Å²) in [5, 5.41) is 2.48. The first-order valence-corrected chi connectivity index (χ1v) is 25.1. The zero-order valence-electron chi connectivity index (χ0n) is 41.6. The number of rotatable bonds is 4. The van der Waals surface area contributed by atoms with Crippen molar-refractivity contribution in [2.75, 3.05) is 9.80 Å². The van der Waals surface area contributed by atoms with Gasteiger partial charge < -0.3 is 9.80 Å². The SMILES string of the molecule is CC1(C)c2ccccc2-c2ccc(N(c3ccc4c(c3)C(C)(C)c3ccccc3-4)c3ccc(-c4cc5c6c(c4)C(C)(C)c4cccc7c4N6c4c(cccc4C5(C)C)C7(C)C)c4ccccc34)cc21. The maximum atomic E-state index is 2.68. The summed E-state index contributed by atoms with van der Waals surface area (Å²) < 4.78 is 0. The van der Waals surface area contributed by atoms with Gasteiger partial charge in [0.2, 0.25) is 0 Å². The largest absolute Gasteiger partial charge is 0.310 e. The third-order valence-electron chi connectivity index (χ3n) is 18.0. The first kappa shape index (κ1) is 40.9. The second-order valence-electron chi connectivity index (χ2n) is 23.3. The van der Waals surface area contributed by atoms with Crippen LogP contribution in [-0.2, 0) is 27.1 Å². The van der Waals surface area contributed by atoms with E-state index in [1.807, 2.05) is 0 Å². The minimum Gasteiger partial charge on any atom is -0.310 e. The van der Waals surface area contributed by atoms with Gasteiger partial charge in [-0.25, -0.2) is 0 Å². The van der Waals surface area contributed by atoms with Crippen molar-refractivity contribution in [2.45, 2.75) is 96.3 Å². The molecule has 0 saturated heterocycles. The van der Waals surface area contributed by atoms with Crippen LogP contribution in [0.5, 0.6) is 0 Å². The summed E-state index contributed by atoms with van der Waals surface area (Å²) in [6.45, 7) is 24.2. The molecule has 3 aliphatic heterocycles. The van der Waals surface area contributed by atoms with Crippen molar-refractivity contribution in [2.24, 2.45) is 0 Å². The van der Waals surface area contributed by atoms with Gasteiger partial charge in [-0.15, -0.1) is 0 Å². The molecule has 9 aromatic rings. The number of anilines is 6. The van der Waals surface area contributed by atoms with Gasteiger partial charge in [-0.05, 0) is 137 Å². The minimum atomic E-state index is -0.230. The zero-order valence-corrected chi connectivity index (χ0v) is 41.6. The van der Waals surface area contributed by atoms with Gasteiger partial charge in [0.25, 0.3) is 0 Å². The molecule has 0 radical (unpaired) electrons. The number of para-hydroxylation sites is 2. The molecular formula is C67H58N2. The summed E-state index contributed by atoms with van der Waals surface area (Å²) in [5.74, 6) is 0. The average molecular weight is 891 g/mol. The van der Waals surface area contributed by atoms with Crippen LogP contribution in [0.3, 0.4) is 0 Å². The number of fused-ring (bicyclic) bond motifs is 7. The van der Waals surface area contributed by atoms with E-state index >= 15 is 0 Å². The van der Waals surface area contributed by atoms with Crippen LogP contribution in [0.1, 0.15) is 125 Å². The number of hydrogen-bond donors (Lipinski definition) is 0. The van der Waals surface area contributed by atoms with Crippen LogP contribution in [0.2, 0.25) is 0 Å². The van der Waals surface area contributed by atoms with Gasteiger partial charge in [0, 0.05) is 43.8 Å². The van der Waals surface area contributed by atoms with Crippen molar-refractivity contribution >= 4 is 44.9 Å². The predicted octanol–water partition coefficient (Wildman–Crippen LogP) is 18.0. The Morgan fingerprint density at radius 3 is 1.14 bits per heavy atom. The molecule has 2 aliphatic carbocycles. The Morgan fingerprint density at radius 1 is 0.290 bits per heavy atom. The third-order valence-corrected chi connectivity index (χ3v) is 18.0. The predicted molar refractivity (Wildman–Crippen MR) is 290 cm³/mol. The van der Waals surface area contributed by atoms with Crippen molar-refractivity contribution < 1.29 is 0 Å². The van der Waals surface area contributed by atoms with E-state index in [1.54, 1.807) is 0 Å². The molecule has 0 saturated carbocycles. The van der Waals surface area contributed by atoms with Gasteiger partial charge in [0.05, 0.1) is 22.7 Å². The van der Waals surface area contributed by atoms with E-state index < -0.39 is 0 Å². The lowest BCUT2D eigenvalue weighted by atomic mass is 9.60. The van der Waals surface area contributed by atoms with Crippen LogP contribution >= 0.6 is 0 Å². The molecule has 0 N–H and O–H groups in total. The van der Waals surface area contributed by atoms with Crippen LogP contribution in [0.25, 0.3) is 44.2 Å². The first-order valence-electron chi connectivity index (χ1n) is 25.1. The average Bonchev–Trinajstić information content (AvgIpc) is 3.72. The molecule has 69 heavy (non-hydrogen) atoms. The Kier molecular flexibility index (Phi) is 7.77. The number of hydrogen-bond acceptors (Lipinski definition) is 2. The fourth-order valence-corrected chi connectivity index (χ4v) is 14.2. The number of benzene rings is 9. The Morgan fingerprint density at radius 2 is 0.652 bits per heavy atom. The molecule has 0 bridgehead atoms. The maximum Gasteiger partial charge on any atom is 0.0544 e. The van der Waals surface area contributed by atoms with E-state index in [4.69, 9.17) is 0 Å². The van der Waals surface area contributed by atoms with E-state index in [1.165, 1.54) is 134 Å². The molecule has 2 nitrogen and oxygen atoms in total. The Labute approximate surface area is 407 Å². The molecule has 0 amide bonds. The van der Waals surface area contributed by atoms with E-state index in [0.717, 1.165) is 0 Å². The fraction of sp³-hybridized carbons (Fsp3) is 0.224. The summed E-state index contributed by atoms with van der Waals surface area (Å²) in [4.78, 5) is 5.23. The Bertz CT molecular complexity index is 3580. The molecule has 9 aromatic carbocycles. The highest BCUT2D eigenvalue weighted by molar-refractivity contribution is 6.08. The lowest BCUT2D eigenvalue weighted by Crippen LogP contribution is -2.43. The highest BCUT2D eigenvalue weighted by atomic mass is 15.2. The molecule has 0 spiro atoms. The standard InChI is InChI=1S/C67H58N2/c1-63(2)49-23-15-13-20-44(49)46-31-29-40(37-55(46)63)68(41-30-32-47-45-21-14-16-24-50(45)64(3,4)56(47)38-41)59-34-33-42(43-19-11-12-22-48(43)59)39-35-57-62-58(36-39)67(9,10)54-28-18-26-52-61(54)69(62)60-51(65(52,5)6)25-17-27-53(60)66(57,7)8/h11-38H,1-10H3. The van der Waals surface area contributed by atoms with Crippen molar-refractivity contribution in [3.63, 3.8) is 0 Å². The maximum absolute atomic E-state index is 2.68. The quantitative estimate of drug-likeness (QED) is 0.174. The van der Waals surface area contributed by atoms with Crippen LogP contribution in [0, 0.1) is 0 Å². The molecule has 5 aliphatic rings. The summed E-state index contributed by atoms with van der Waals surface area (Å²) >= 11 is 0. The zero-order chi connectivity index (χ0) is 47.3. The smallest absolute Gasteiger partial charge is 0.0544 e. The molecule has 0 aromatic heterocycles. The lowest BCUT2D eigenvalue weighted by molar-refractivity contribution is 0.567. The molecule has 2 heteroatoms. The van der Waals surface area contributed by atoms with Gasteiger partial charge in [0.15, 0.2) is 0 Å². The highest BCUT2D eigenvalue weighted by Gasteiger charge is 2.52.